The highest BCUT2D eigenvalue weighted by molar-refractivity contribution is 5.77. The van der Waals surface area contributed by atoms with Gasteiger partial charge in [0.15, 0.2) is 11.6 Å². The molecule has 0 saturated heterocycles. The minimum absolute atomic E-state index is 0.0504. The highest BCUT2D eigenvalue weighted by Gasteiger charge is 2.26. The monoisotopic (exact) mass is 243 g/mol. The molecule has 3 nitrogen and oxygen atoms in total. The molecule has 1 aromatic carbocycles. The first kappa shape index (κ1) is 13.6. The van der Waals surface area contributed by atoms with Crippen LogP contribution < -0.4 is 5.32 Å². The summed E-state index contributed by atoms with van der Waals surface area (Å²) in [6.07, 6.45) is 0. The lowest BCUT2D eigenvalue weighted by molar-refractivity contribution is -0.143. The number of carbonyl (C=O) groups is 1. The van der Waals surface area contributed by atoms with Crippen LogP contribution in [-0.4, -0.2) is 19.1 Å². The van der Waals surface area contributed by atoms with Crippen LogP contribution in [0.25, 0.3) is 0 Å². The van der Waals surface area contributed by atoms with E-state index in [-0.39, 0.29) is 11.6 Å². The van der Waals surface area contributed by atoms with Gasteiger partial charge in [0.2, 0.25) is 0 Å². The molecule has 0 aliphatic heterocycles. The van der Waals surface area contributed by atoms with Crippen LogP contribution in [0.2, 0.25) is 0 Å². The van der Waals surface area contributed by atoms with E-state index >= 15 is 0 Å². The third-order valence-corrected chi connectivity index (χ3v) is 2.23. The largest absolute Gasteiger partial charge is 0.468 e. The zero-order valence-electron chi connectivity index (χ0n) is 9.96. The Labute approximate surface area is 98.8 Å². The molecule has 0 amide bonds. The molecule has 0 radical (unpaired) electrons. The molecule has 5 heteroatoms. The van der Waals surface area contributed by atoms with Crippen LogP contribution in [0, 0.1) is 11.6 Å². The normalized spacial score (nSPS) is 12.6. The van der Waals surface area contributed by atoms with E-state index in [2.05, 4.69) is 10.1 Å². The molecule has 0 aliphatic carbocycles. The van der Waals surface area contributed by atoms with Crippen LogP contribution in [0.5, 0.6) is 0 Å². The lowest BCUT2D eigenvalue weighted by atomic mass is 10.1. The Morgan fingerprint density at radius 1 is 1.35 bits per heavy atom. The van der Waals surface area contributed by atoms with Crippen molar-refractivity contribution in [1.29, 1.82) is 0 Å². The predicted octanol–water partition coefficient (Wildman–Crippen LogP) is 2.18. The maximum atomic E-state index is 13.6. The highest BCUT2D eigenvalue weighted by Crippen LogP contribution is 2.21. The molecule has 17 heavy (non-hydrogen) atoms. The average molecular weight is 243 g/mol. The lowest BCUT2D eigenvalue weighted by Crippen LogP contribution is -2.35. The zero-order valence-corrected chi connectivity index (χ0v) is 9.96. The summed E-state index contributed by atoms with van der Waals surface area (Å²) >= 11 is 0. The zero-order chi connectivity index (χ0) is 13.0. The fraction of sp³-hybridized carbons (Fsp3) is 0.417. The van der Waals surface area contributed by atoms with Crippen molar-refractivity contribution in [1.82, 2.24) is 5.32 Å². The number of hydrogen-bond acceptors (Lipinski definition) is 3. The van der Waals surface area contributed by atoms with Gasteiger partial charge in [-0.15, -0.1) is 0 Å². The van der Waals surface area contributed by atoms with Gasteiger partial charge in [-0.25, -0.2) is 13.6 Å². The minimum Gasteiger partial charge on any atom is -0.468 e. The van der Waals surface area contributed by atoms with Crippen LogP contribution in [0.3, 0.4) is 0 Å². The Morgan fingerprint density at radius 3 is 2.53 bits per heavy atom. The van der Waals surface area contributed by atoms with Gasteiger partial charge >= 0.3 is 5.97 Å². The molecule has 0 heterocycles. The molecular formula is C12H15F2NO2. The highest BCUT2D eigenvalue weighted by atomic mass is 19.2. The van der Waals surface area contributed by atoms with Gasteiger partial charge in [-0.1, -0.05) is 12.1 Å². The van der Waals surface area contributed by atoms with Crippen molar-refractivity contribution in [2.45, 2.75) is 25.9 Å². The molecule has 1 unspecified atom stereocenters. The van der Waals surface area contributed by atoms with E-state index < -0.39 is 23.6 Å². The van der Waals surface area contributed by atoms with Crippen LogP contribution >= 0.6 is 0 Å². The predicted molar refractivity (Wildman–Crippen MR) is 59.4 cm³/mol. The number of nitrogens with one attached hydrogen (secondary N) is 1. The summed E-state index contributed by atoms with van der Waals surface area (Å²) in [5.41, 5.74) is -0.0504. The second kappa shape index (κ2) is 5.72. The maximum absolute atomic E-state index is 13.6. The number of benzene rings is 1. The number of carbonyl (C=O) groups excluding carboxylic acids is 1. The first-order chi connectivity index (χ1) is 7.97. The lowest BCUT2D eigenvalue weighted by Gasteiger charge is -2.19. The Hall–Kier alpha value is -1.49. The maximum Gasteiger partial charge on any atom is 0.327 e. The molecule has 0 aromatic heterocycles. The SMILES string of the molecule is COC(=O)C(NC(C)C)c1cccc(F)c1F. The first-order valence-electron chi connectivity index (χ1n) is 5.25. The summed E-state index contributed by atoms with van der Waals surface area (Å²) in [7, 11) is 1.20. The van der Waals surface area contributed by atoms with Gasteiger partial charge in [0.25, 0.3) is 0 Å². The molecule has 1 rings (SSSR count). The van der Waals surface area contributed by atoms with E-state index in [0.717, 1.165) is 6.07 Å². The van der Waals surface area contributed by atoms with E-state index in [9.17, 15) is 13.6 Å². The van der Waals surface area contributed by atoms with Crippen molar-refractivity contribution in [3.63, 3.8) is 0 Å². The van der Waals surface area contributed by atoms with Gasteiger partial charge in [-0.2, -0.15) is 0 Å². The van der Waals surface area contributed by atoms with Crippen molar-refractivity contribution in [3.8, 4) is 0 Å². The van der Waals surface area contributed by atoms with E-state index in [1.807, 2.05) is 0 Å². The molecule has 1 N–H and O–H groups in total. The van der Waals surface area contributed by atoms with Gasteiger partial charge in [0, 0.05) is 11.6 Å². The standard InChI is InChI=1S/C12H15F2NO2/c1-7(2)15-11(12(16)17-3)8-5-4-6-9(13)10(8)14/h4-7,11,15H,1-3H3. The summed E-state index contributed by atoms with van der Waals surface area (Å²) in [5, 5.41) is 2.83. The van der Waals surface area contributed by atoms with Crippen LogP contribution in [0.4, 0.5) is 8.78 Å². The molecule has 0 saturated carbocycles. The number of ether oxygens (including phenoxy) is 1. The van der Waals surface area contributed by atoms with E-state index in [4.69, 9.17) is 0 Å². The Morgan fingerprint density at radius 2 is 2.00 bits per heavy atom. The molecule has 0 aliphatic rings. The van der Waals surface area contributed by atoms with Gasteiger partial charge in [0.05, 0.1) is 7.11 Å². The van der Waals surface area contributed by atoms with Crippen molar-refractivity contribution in [2.24, 2.45) is 0 Å². The first-order valence-corrected chi connectivity index (χ1v) is 5.25. The Balaban J connectivity index is 3.12. The summed E-state index contributed by atoms with van der Waals surface area (Å²) in [6.45, 7) is 3.60. The van der Waals surface area contributed by atoms with Crippen molar-refractivity contribution < 1.29 is 18.3 Å². The number of methoxy groups -OCH3 is 1. The second-order valence-corrected chi connectivity index (χ2v) is 3.92. The molecule has 0 fully saturated rings. The number of halogens is 2. The van der Waals surface area contributed by atoms with Gasteiger partial charge in [-0.3, -0.25) is 5.32 Å². The van der Waals surface area contributed by atoms with E-state index in [1.54, 1.807) is 13.8 Å². The smallest absolute Gasteiger partial charge is 0.327 e. The molecule has 1 aromatic rings. The molecule has 94 valence electrons. The van der Waals surface area contributed by atoms with Crippen molar-refractivity contribution in [3.05, 3.63) is 35.4 Å². The average Bonchev–Trinajstić information content (AvgIpc) is 2.29. The van der Waals surface area contributed by atoms with Gasteiger partial charge in [0.1, 0.15) is 6.04 Å². The number of esters is 1. The fourth-order valence-corrected chi connectivity index (χ4v) is 1.48. The van der Waals surface area contributed by atoms with E-state index in [0.29, 0.717) is 0 Å². The number of hydrogen-bond donors (Lipinski definition) is 1. The third kappa shape index (κ3) is 3.23. The Bertz CT molecular complexity index is 407. The summed E-state index contributed by atoms with van der Waals surface area (Å²) < 4.78 is 31.2. The van der Waals surface area contributed by atoms with Crippen LogP contribution in [0.1, 0.15) is 25.5 Å². The second-order valence-electron chi connectivity index (χ2n) is 3.92. The fourth-order valence-electron chi connectivity index (χ4n) is 1.48. The topological polar surface area (TPSA) is 38.3 Å². The van der Waals surface area contributed by atoms with Crippen LogP contribution in [0.15, 0.2) is 18.2 Å². The Kier molecular flexibility index (Phi) is 4.57. The van der Waals surface area contributed by atoms with Crippen LogP contribution in [-0.2, 0) is 9.53 Å². The van der Waals surface area contributed by atoms with Crippen molar-refractivity contribution in [2.75, 3.05) is 7.11 Å². The third-order valence-electron chi connectivity index (χ3n) is 2.23. The molecule has 1 atom stereocenters. The molecule has 0 bridgehead atoms. The number of rotatable bonds is 4. The summed E-state index contributed by atoms with van der Waals surface area (Å²) in [5.74, 6) is -2.67. The minimum atomic E-state index is -1.03. The van der Waals surface area contributed by atoms with Gasteiger partial charge in [-0.05, 0) is 19.9 Å². The summed E-state index contributed by atoms with van der Waals surface area (Å²) in [4.78, 5) is 11.5. The van der Waals surface area contributed by atoms with Gasteiger partial charge < -0.3 is 4.74 Å². The quantitative estimate of drug-likeness (QED) is 0.824. The molecular weight excluding hydrogens is 228 g/mol. The molecule has 0 spiro atoms. The van der Waals surface area contributed by atoms with E-state index in [1.165, 1.54) is 19.2 Å². The summed E-state index contributed by atoms with van der Waals surface area (Å²) in [6, 6.07) is 2.64. The van der Waals surface area contributed by atoms with Crippen molar-refractivity contribution >= 4 is 5.97 Å².